The zero-order valence-corrected chi connectivity index (χ0v) is 19.7. The molecular formula is C27H32N6. The molecule has 2 aromatic carbocycles. The van der Waals surface area contributed by atoms with Crippen LogP contribution in [0.5, 0.6) is 0 Å². The minimum absolute atomic E-state index is 0.0894. The molecule has 0 saturated carbocycles. The number of rotatable bonds is 6. The van der Waals surface area contributed by atoms with Gasteiger partial charge in [0.25, 0.3) is 0 Å². The topological polar surface area (TPSA) is 109 Å². The van der Waals surface area contributed by atoms with Crippen LogP contribution in [-0.2, 0) is 6.42 Å². The van der Waals surface area contributed by atoms with Gasteiger partial charge in [-0.15, -0.1) is 0 Å². The maximum absolute atomic E-state index is 6.26. The van der Waals surface area contributed by atoms with Crippen LogP contribution in [0.2, 0.25) is 0 Å². The van der Waals surface area contributed by atoms with Gasteiger partial charge in [-0.3, -0.25) is 0 Å². The zero-order valence-electron chi connectivity index (χ0n) is 19.7. The average Bonchev–Trinajstić information content (AvgIpc) is 3.55. The molecule has 6 N–H and O–H groups in total. The number of nitrogens with one attached hydrogen (secondary N) is 2. The second-order valence-electron chi connectivity index (χ2n) is 9.80. The fourth-order valence-corrected chi connectivity index (χ4v) is 4.47. The van der Waals surface area contributed by atoms with Crippen LogP contribution in [0.1, 0.15) is 62.6 Å². The maximum Gasteiger partial charge on any atom is 0.124 e. The van der Waals surface area contributed by atoms with Gasteiger partial charge in [-0.05, 0) is 52.6 Å². The SMILES string of the molecule is CC(C)C(N)c1nc(-c2ccc3c(c2)Cc2cc(-c4c[nH]c(C(N)C(C)C)n4)ccc2-3)c[nH]1. The van der Waals surface area contributed by atoms with Crippen molar-refractivity contribution in [1.29, 1.82) is 0 Å². The standard InChI is InChI=1S/C27H32N6/c1-14(2)24(28)26-30-12-22(32-26)16-5-7-20-18(9-16)11-19-10-17(6-8-21(19)20)23-13-31-27(33-23)25(29)15(3)4/h5-10,12-15,24-25H,11,28-29H2,1-4H3,(H,30,32)(H,31,33). The first kappa shape index (κ1) is 21.6. The highest BCUT2D eigenvalue weighted by atomic mass is 15.0. The van der Waals surface area contributed by atoms with E-state index in [1.165, 1.54) is 22.3 Å². The summed E-state index contributed by atoms with van der Waals surface area (Å²) >= 11 is 0. The van der Waals surface area contributed by atoms with Crippen molar-refractivity contribution >= 4 is 0 Å². The molecule has 1 aliphatic rings. The smallest absolute Gasteiger partial charge is 0.124 e. The van der Waals surface area contributed by atoms with Gasteiger partial charge in [-0.2, -0.15) is 0 Å². The van der Waals surface area contributed by atoms with Crippen LogP contribution < -0.4 is 11.5 Å². The van der Waals surface area contributed by atoms with E-state index in [2.05, 4.69) is 74.1 Å². The van der Waals surface area contributed by atoms with Gasteiger partial charge in [-0.25, -0.2) is 9.97 Å². The van der Waals surface area contributed by atoms with Gasteiger partial charge >= 0.3 is 0 Å². The van der Waals surface area contributed by atoms with Gasteiger partial charge < -0.3 is 21.4 Å². The number of fused-ring (bicyclic) bond motifs is 3. The summed E-state index contributed by atoms with van der Waals surface area (Å²) in [4.78, 5) is 16.0. The Bertz CT molecular complexity index is 1200. The number of H-pyrrole nitrogens is 2. The molecule has 4 aromatic rings. The zero-order chi connectivity index (χ0) is 23.3. The van der Waals surface area contributed by atoms with Crippen molar-refractivity contribution in [3.05, 3.63) is 71.6 Å². The molecule has 6 heteroatoms. The molecule has 5 rings (SSSR count). The Morgan fingerprint density at radius 1 is 0.697 bits per heavy atom. The summed E-state index contributed by atoms with van der Waals surface area (Å²) in [5, 5.41) is 0. The normalized spacial score (nSPS) is 14.5. The van der Waals surface area contributed by atoms with Crippen molar-refractivity contribution < 1.29 is 0 Å². The molecule has 170 valence electrons. The first-order valence-corrected chi connectivity index (χ1v) is 11.7. The van der Waals surface area contributed by atoms with Crippen LogP contribution >= 0.6 is 0 Å². The van der Waals surface area contributed by atoms with Gasteiger partial charge in [0.1, 0.15) is 11.6 Å². The van der Waals surface area contributed by atoms with Crippen LogP contribution in [0.25, 0.3) is 33.6 Å². The highest BCUT2D eigenvalue weighted by Crippen LogP contribution is 2.40. The second-order valence-corrected chi connectivity index (χ2v) is 9.80. The minimum Gasteiger partial charge on any atom is -0.347 e. The summed E-state index contributed by atoms with van der Waals surface area (Å²) in [5.74, 6) is 2.34. The molecular weight excluding hydrogens is 408 g/mol. The fraction of sp³-hybridized carbons (Fsp3) is 0.333. The van der Waals surface area contributed by atoms with Crippen molar-refractivity contribution in [3.8, 4) is 33.6 Å². The summed E-state index contributed by atoms with van der Waals surface area (Å²) < 4.78 is 0. The number of hydrogen-bond donors (Lipinski definition) is 4. The molecule has 2 heterocycles. The summed E-state index contributed by atoms with van der Waals surface area (Å²) in [6, 6.07) is 13.0. The lowest BCUT2D eigenvalue weighted by atomic mass is 10.0. The van der Waals surface area contributed by atoms with E-state index >= 15 is 0 Å². The number of nitrogens with two attached hydrogens (primary N) is 2. The van der Waals surface area contributed by atoms with E-state index in [9.17, 15) is 0 Å². The first-order valence-electron chi connectivity index (χ1n) is 11.7. The van der Waals surface area contributed by atoms with Crippen molar-refractivity contribution in [2.45, 2.75) is 46.2 Å². The maximum atomic E-state index is 6.26. The van der Waals surface area contributed by atoms with E-state index in [0.29, 0.717) is 11.8 Å². The van der Waals surface area contributed by atoms with Gasteiger partial charge in [0.15, 0.2) is 0 Å². The molecule has 33 heavy (non-hydrogen) atoms. The largest absolute Gasteiger partial charge is 0.347 e. The lowest BCUT2D eigenvalue weighted by Crippen LogP contribution is -2.18. The molecule has 0 bridgehead atoms. The number of aromatic nitrogens is 4. The lowest BCUT2D eigenvalue weighted by molar-refractivity contribution is 0.494. The van der Waals surface area contributed by atoms with E-state index in [0.717, 1.165) is 40.6 Å². The molecule has 1 aliphatic carbocycles. The van der Waals surface area contributed by atoms with Gasteiger partial charge in [-0.1, -0.05) is 52.0 Å². The van der Waals surface area contributed by atoms with Gasteiger partial charge in [0.2, 0.25) is 0 Å². The van der Waals surface area contributed by atoms with E-state index in [1.54, 1.807) is 0 Å². The first-order chi connectivity index (χ1) is 15.8. The highest BCUT2D eigenvalue weighted by molar-refractivity contribution is 5.81. The molecule has 2 unspecified atom stereocenters. The van der Waals surface area contributed by atoms with Crippen LogP contribution in [0.3, 0.4) is 0 Å². The Hall–Kier alpha value is -3.22. The van der Waals surface area contributed by atoms with E-state index in [-0.39, 0.29) is 12.1 Å². The van der Waals surface area contributed by atoms with Crippen LogP contribution in [0, 0.1) is 11.8 Å². The quantitative estimate of drug-likeness (QED) is 0.285. The lowest BCUT2D eigenvalue weighted by Gasteiger charge is -2.11. The summed E-state index contributed by atoms with van der Waals surface area (Å²) in [7, 11) is 0. The van der Waals surface area contributed by atoms with Crippen molar-refractivity contribution in [2.24, 2.45) is 23.3 Å². The number of benzene rings is 2. The molecule has 0 fully saturated rings. The Morgan fingerprint density at radius 3 is 1.52 bits per heavy atom. The van der Waals surface area contributed by atoms with E-state index in [1.807, 2.05) is 12.4 Å². The number of nitrogens with zero attached hydrogens (tertiary/aromatic N) is 2. The molecule has 2 atom stereocenters. The Kier molecular flexibility index (Phi) is 5.43. The number of hydrogen-bond acceptors (Lipinski definition) is 4. The predicted molar refractivity (Wildman–Crippen MR) is 133 cm³/mol. The highest BCUT2D eigenvalue weighted by Gasteiger charge is 2.22. The van der Waals surface area contributed by atoms with Crippen LogP contribution in [0.4, 0.5) is 0 Å². The Balaban J connectivity index is 1.41. The second kappa shape index (κ2) is 8.28. The molecule has 0 amide bonds. The van der Waals surface area contributed by atoms with Gasteiger partial charge in [0.05, 0.1) is 23.5 Å². The average molecular weight is 441 g/mol. The van der Waals surface area contributed by atoms with Crippen LogP contribution in [0.15, 0.2) is 48.8 Å². The Labute approximate surface area is 194 Å². The minimum atomic E-state index is -0.0894. The molecule has 0 spiro atoms. The van der Waals surface area contributed by atoms with Gasteiger partial charge in [0, 0.05) is 23.5 Å². The third-order valence-corrected chi connectivity index (χ3v) is 6.74. The van der Waals surface area contributed by atoms with E-state index in [4.69, 9.17) is 21.4 Å². The van der Waals surface area contributed by atoms with Crippen molar-refractivity contribution in [1.82, 2.24) is 19.9 Å². The molecule has 0 aliphatic heterocycles. The van der Waals surface area contributed by atoms with Crippen LogP contribution in [-0.4, -0.2) is 19.9 Å². The summed E-state index contributed by atoms with van der Waals surface area (Å²) in [5.41, 5.74) is 21.8. The molecule has 0 radical (unpaired) electrons. The molecule has 2 aromatic heterocycles. The fourth-order valence-electron chi connectivity index (χ4n) is 4.47. The number of imidazole rings is 2. The monoisotopic (exact) mass is 440 g/mol. The van der Waals surface area contributed by atoms with E-state index < -0.39 is 0 Å². The number of aromatic amines is 2. The third-order valence-electron chi connectivity index (χ3n) is 6.74. The third kappa shape index (κ3) is 3.90. The Morgan fingerprint density at radius 2 is 1.12 bits per heavy atom. The predicted octanol–water partition coefficient (Wildman–Crippen LogP) is 5.35. The molecule has 0 saturated heterocycles. The summed E-state index contributed by atoms with van der Waals surface area (Å²) in [6.45, 7) is 8.43. The van der Waals surface area contributed by atoms with Crippen molar-refractivity contribution in [3.63, 3.8) is 0 Å². The molecule has 6 nitrogen and oxygen atoms in total. The van der Waals surface area contributed by atoms with Crippen molar-refractivity contribution in [2.75, 3.05) is 0 Å². The summed E-state index contributed by atoms with van der Waals surface area (Å²) in [6.07, 6.45) is 4.81.